The molecule has 1 aromatic carbocycles. The topological polar surface area (TPSA) is 89.6 Å². The number of hydrogen-bond donors (Lipinski definition) is 1. The van der Waals surface area contributed by atoms with Crippen LogP contribution in [0.4, 0.5) is 13.2 Å². The van der Waals surface area contributed by atoms with E-state index in [-0.39, 0.29) is 17.7 Å². The van der Waals surface area contributed by atoms with Crippen LogP contribution in [0.5, 0.6) is 0 Å². The van der Waals surface area contributed by atoms with Gasteiger partial charge in [0.2, 0.25) is 0 Å². The van der Waals surface area contributed by atoms with E-state index < -0.39 is 12.1 Å². The number of halogens is 3. The number of unbranched alkanes of at least 4 members (excludes halogenated alkanes) is 3. The molecule has 29 heavy (non-hydrogen) atoms. The Labute approximate surface area is 166 Å². The molecule has 1 amide bonds. The van der Waals surface area contributed by atoms with Gasteiger partial charge in [-0.2, -0.15) is 0 Å². The van der Waals surface area contributed by atoms with E-state index >= 15 is 0 Å². The average molecular weight is 410 g/mol. The molecule has 0 radical (unpaired) electrons. The molecule has 156 valence electrons. The van der Waals surface area contributed by atoms with Gasteiger partial charge in [-0.25, -0.2) is 0 Å². The summed E-state index contributed by atoms with van der Waals surface area (Å²) in [6.45, 7) is 4.41. The maximum absolute atomic E-state index is 12.5. The van der Waals surface area contributed by atoms with Crippen molar-refractivity contribution in [3.8, 4) is 11.4 Å². The number of benzene rings is 1. The van der Waals surface area contributed by atoms with E-state index in [2.05, 4.69) is 32.0 Å². The van der Waals surface area contributed by atoms with Crippen molar-refractivity contribution in [1.82, 2.24) is 15.5 Å². The summed E-state index contributed by atoms with van der Waals surface area (Å²) in [4.78, 5) is 20.7. The van der Waals surface area contributed by atoms with Gasteiger partial charge < -0.3 is 0 Å². The summed E-state index contributed by atoms with van der Waals surface area (Å²) in [5, 5.41) is 9.86. The van der Waals surface area contributed by atoms with Crippen LogP contribution >= 0.6 is 0 Å². The molecule has 0 saturated heterocycles. The summed E-state index contributed by atoms with van der Waals surface area (Å²) in [5.41, 5.74) is 0.626. The third-order valence-corrected chi connectivity index (χ3v) is 3.88. The van der Waals surface area contributed by atoms with E-state index in [0.29, 0.717) is 17.7 Å². The maximum atomic E-state index is 12.5. The Morgan fingerprint density at radius 2 is 2.00 bits per heavy atom. The Morgan fingerprint density at radius 3 is 2.62 bits per heavy atom. The Morgan fingerprint density at radius 1 is 1.28 bits per heavy atom. The number of nitrogens with one attached hydrogen (secondary N) is 1. The van der Waals surface area contributed by atoms with Crippen LogP contribution in [-0.2, 0) is 11.0 Å². The molecule has 1 atom stereocenters. The fourth-order valence-corrected chi connectivity index (χ4v) is 2.33. The number of amides is 1. The standard InChI is InChI=1S/C18H22BF3N4O3/c1-3-4-5-6-11-28-26-19-12(2)23-16(27)14-9-7-13(8-10-14)15-24-17(29-25-15)18(20,21)22/h7-10,12H,3-6,11H2,1-2H3,(H,23,27). The molecule has 0 fully saturated rings. The van der Waals surface area contributed by atoms with Gasteiger partial charge in [-0.05, 0) is 0 Å². The summed E-state index contributed by atoms with van der Waals surface area (Å²) in [6.07, 6.45) is -0.369. The van der Waals surface area contributed by atoms with Crippen LogP contribution in [0.15, 0.2) is 33.8 Å². The second kappa shape index (κ2) is 10.7. The summed E-state index contributed by atoms with van der Waals surface area (Å²) in [6, 6.07) is 5.81. The summed E-state index contributed by atoms with van der Waals surface area (Å²) < 4.78 is 41.8. The molecule has 2 rings (SSSR count). The van der Waals surface area contributed by atoms with Crippen molar-refractivity contribution in [1.29, 1.82) is 0 Å². The Balaban J connectivity index is 1.84. The van der Waals surface area contributed by atoms with Gasteiger partial charge in [0.1, 0.15) is 0 Å². The zero-order chi connectivity index (χ0) is 21.3. The van der Waals surface area contributed by atoms with Crippen molar-refractivity contribution in [3.63, 3.8) is 0 Å². The number of rotatable bonds is 10. The second-order valence-electron chi connectivity index (χ2n) is 6.41. The molecule has 11 heteroatoms. The summed E-state index contributed by atoms with van der Waals surface area (Å²) >= 11 is 0. The number of alkyl halides is 3. The van der Waals surface area contributed by atoms with Crippen molar-refractivity contribution >= 4 is 13.0 Å². The molecular weight excluding hydrogens is 388 g/mol. The van der Waals surface area contributed by atoms with Crippen molar-refractivity contribution in [2.75, 3.05) is 6.61 Å². The molecule has 0 bridgehead atoms. The fraction of sp³-hybridized carbons (Fsp3) is 0.500. The van der Waals surface area contributed by atoms with Gasteiger partial charge in [0.15, 0.2) is 0 Å². The quantitative estimate of drug-likeness (QED) is 0.360. The third kappa shape index (κ3) is 7.32. The van der Waals surface area contributed by atoms with Gasteiger partial charge in [-0.15, -0.1) is 0 Å². The fourth-order valence-electron chi connectivity index (χ4n) is 2.33. The molecule has 0 aliphatic rings. The molecule has 1 N–H and O–H groups in total. The van der Waals surface area contributed by atoms with Gasteiger partial charge >= 0.3 is 166 Å². The SMILES string of the molecule is CCCCCCO/N=B/C(C)NC(=O)c1ccc(-c2noc(C(F)(F)F)n2)cc1. The summed E-state index contributed by atoms with van der Waals surface area (Å²) in [7, 11) is 1.49. The second-order valence-corrected chi connectivity index (χ2v) is 6.41. The molecule has 1 unspecified atom stereocenters. The molecular formula is C18H22BF3N4O3. The average Bonchev–Trinajstić information content (AvgIpc) is 3.18. The van der Waals surface area contributed by atoms with Crippen LogP contribution in [0.1, 0.15) is 55.8 Å². The van der Waals surface area contributed by atoms with E-state index in [1.807, 2.05) is 0 Å². The van der Waals surface area contributed by atoms with Crippen LogP contribution in [0, 0.1) is 0 Å². The predicted octanol–water partition coefficient (Wildman–Crippen LogP) is 4.23. The third-order valence-electron chi connectivity index (χ3n) is 3.88. The van der Waals surface area contributed by atoms with Crippen molar-refractivity contribution < 1.29 is 27.3 Å². The number of hydrogen-bond acceptors (Lipinski definition) is 6. The molecule has 1 aromatic heterocycles. The number of nitrogens with zero attached hydrogens (tertiary/aromatic N) is 3. The number of aromatic nitrogens is 2. The van der Waals surface area contributed by atoms with Crippen LogP contribution < -0.4 is 5.32 Å². The van der Waals surface area contributed by atoms with Crippen LogP contribution in [-0.4, -0.2) is 35.7 Å². The van der Waals surface area contributed by atoms with E-state index in [4.69, 9.17) is 4.84 Å². The van der Waals surface area contributed by atoms with Gasteiger partial charge in [0.05, 0.1) is 0 Å². The van der Waals surface area contributed by atoms with Crippen LogP contribution in [0.2, 0.25) is 0 Å². The van der Waals surface area contributed by atoms with Crippen molar-refractivity contribution in [3.05, 3.63) is 35.7 Å². The first-order valence-electron chi connectivity index (χ1n) is 9.29. The molecule has 7 nitrogen and oxygen atoms in total. The molecule has 0 aliphatic heterocycles. The molecule has 1 heterocycles. The normalized spacial score (nSPS) is 12.6. The molecule has 0 saturated carbocycles. The van der Waals surface area contributed by atoms with Gasteiger partial charge in [-0.1, -0.05) is 0 Å². The first kappa shape index (κ1) is 22.6. The van der Waals surface area contributed by atoms with Gasteiger partial charge in [0, 0.05) is 0 Å². The molecule has 2 aromatic rings. The van der Waals surface area contributed by atoms with E-state index in [1.165, 1.54) is 31.3 Å². The van der Waals surface area contributed by atoms with Gasteiger partial charge in [-0.3, -0.25) is 0 Å². The molecule has 0 aliphatic carbocycles. The number of carbonyl (C=O) groups is 1. The number of carbonyl (C=O) groups excluding carboxylic acids is 1. The van der Waals surface area contributed by atoms with Crippen molar-refractivity contribution in [2.45, 2.75) is 51.6 Å². The van der Waals surface area contributed by atoms with Crippen LogP contribution in [0.3, 0.4) is 0 Å². The van der Waals surface area contributed by atoms with E-state index in [1.54, 1.807) is 6.92 Å². The first-order valence-corrected chi connectivity index (χ1v) is 9.29. The predicted molar refractivity (Wildman–Crippen MR) is 99.9 cm³/mol. The van der Waals surface area contributed by atoms with E-state index in [9.17, 15) is 18.0 Å². The Bertz CT molecular complexity index is 809. The Kier molecular flexibility index (Phi) is 8.35. The first-order chi connectivity index (χ1) is 13.8. The van der Waals surface area contributed by atoms with Crippen molar-refractivity contribution in [2.24, 2.45) is 5.06 Å². The minimum absolute atomic E-state index is 0.208. The van der Waals surface area contributed by atoms with Crippen LogP contribution in [0.25, 0.3) is 11.4 Å². The van der Waals surface area contributed by atoms with E-state index in [0.717, 1.165) is 25.7 Å². The minimum atomic E-state index is -4.71. The Hall–Kier alpha value is -2.72. The van der Waals surface area contributed by atoms with Gasteiger partial charge in [0.25, 0.3) is 0 Å². The monoisotopic (exact) mass is 410 g/mol. The zero-order valence-electron chi connectivity index (χ0n) is 16.2. The molecule has 0 spiro atoms. The summed E-state index contributed by atoms with van der Waals surface area (Å²) in [5.74, 6) is -2.34. The zero-order valence-corrected chi connectivity index (χ0v) is 16.2.